The van der Waals surface area contributed by atoms with Gasteiger partial charge in [-0.15, -0.1) is 0 Å². The van der Waals surface area contributed by atoms with Crippen LogP contribution in [0.4, 0.5) is 4.39 Å². The summed E-state index contributed by atoms with van der Waals surface area (Å²) in [6, 6.07) is 0. The van der Waals surface area contributed by atoms with Crippen LogP contribution < -0.4 is 0 Å². The average Bonchev–Trinajstić information content (AvgIpc) is 2.35. The Hall–Kier alpha value is -0.900. The summed E-state index contributed by atoms with van der Waals surface area (Å²) in [5.74, 6) is -2.45. The van der Waals surface area contributed by atoms with Gasteiger partial charge in [0.25, 0.3) is 0 Å². The lowest BCUT2D eigenvalue weighted by molar-refractivity contribution is -0.169. The third-order valence-corrected chi connectivity index (χ3v) is 2.01. The van der Waals surface area contributed by atoms with Crippen LogP contribution in [0, 0.1) is 0 Å². The van der Waals surface area contributed by atoms with E-state index < -0.39 is 17.9 Å². The predicted molar refractivity (Wildman–Crippen MR) is 44.8 cm³/mol. The van der Waals surface area contributed by atoms with E-state index in [0.29, 0.717) is 13.0 Å². The highest BCUT2D eigenvalue weighted by Crippen LogP contribution is 2.26. The quantitative estimate of drug-likeness (QED) is 0.498. The number of hydrogen-bond donors (Lipinski definition) is 0. The van der Waals surface area contributed by atoms with Crippen molar-refractivity contribution in [3.05, 3.63) is 12.2 Å². The van der Waals surface area contributed by atoms with Gasteiger partial charge in [0.1, 0.15) is 0 Å². The molecule has 1 saturated heterocycles. The van der Waals surface area contributed by atoms with E-state index in [9.17, 15) is 9.18 Å². The first-order valence-electron chi connectivity index (χ1n) is 4.13. The first kappa shape index (κ1) is 10.2. The van der Waals surface area contributed by atoms with Gasteiger partial charge < -0.3 is 9.47 Å². The SMILES string of the molecule is C=C(C)C(C)(F)OC1CCOC1=O. The van der Waals surface area contributed by atoms with Gasteiger partial charge in [-0.1, -0.05) is 6.58 Å². The number of esters is 1. The highest BCUT2D eigenvalue weighted by atomic mass is 19.2. The van der Waals surface area contributed by atoms with Gasteiger partial charge in [-0.2, -0.15) is 0 Å². The van der Waals surface area contributed by atoms with Crippen LogP contribution in [-0.2, 0) is 14.3 Å². The minimum absolute atomic E-state index is 0.243. The van der Waals surface area contributed by atoms with Gasteiger partial charge in [0.05, 0.1) is 6.61 Å². The fourth-order valence-electron chi connectivity index (χ4n) is 0.952. The van der Waals surface area contributed by atoms with E-state index in [2.05, 4.69) is 11.3 Å². The number of hydrogen-bond acceptors (Lipinski definition) is 3. The van der Waals surface area contributed by atoms with Crippen molar-refractivity contribution in [3.8, 4) is 0 Å². The summed E-state index contributed by atoms with van der Waals surface area (Å²) in [7, 11) is 0. The zero-order valence-corrected chi connectivity index (χ0v) is 7.80. The van der Waals surface area contributed by atoms with Gasteiger partial charge in [-0.05, 0) is 19.4 Å². The monoisotopic (exact) mass is 188 g/mol. The highest BCUT2D eigenvalue weighted by Gasteiger charge is 2.36. The maximum Gasteiger partial charge on any atom is 0.335 e. The molecule has 2 atom stereocenters. The Morgan fingerprint density at radius 3 is 2.85 bits per heavy atom. The molecule has 0 aliphatic carbocycles. The van der Waals surface area contributed by atoms with Gasteiger partial charge in [-0.25, -0.2) is 9.18 Å². The fraction of sp³-hybridized carbons (Fsp3) is 0.667. The maximum absolute atomic E-state index is 13.5. The van der Waals surface area contributed by atoms with E-state index in [1.807, 2.05) is 0 Å². The van der Waals surface area contributed by atoms with Crippen molar-refractivity contribution in [2.75, 3.05) is 6.61 Å². The molecule has 0 spiro atoms. The summed E-state index contributed by atoms with van der Waals surface area (Å²) in [6.07, 6.45) is -0.377. The Balaban J connectivity index is 2.57. The topological polar surface area (TPSA) is 35.5 Å². The van der Waals surface area contributed by atoms with Crippen LogP contribution in [0.5, 0.6) is 0 Å². The molecule has 4 heteroatoms. The van der Waals surface area contributed by atoms with Gasteiger partial charge in [0, 0.05) is 6.42 Å². The molecule has 2 unspecified atom stereocenters. The smallest absolute Gasteiger partial charge is 0.335 e. The first-order chi connectivity index (χ1) is 5.93. The molecule has 0 saturated carbocycles. The molecular formula is C9H13FO3. The van der Waals surface area contributed by atoms with Crippen LogP contribution in [0.3, 0.4) is 0 Å². The van der Waals surface area contributed by atoms with Crippen molar-refractivity contribution in [3.63, 3.8) is 0 Å². The number of halogens is 1. The van der Waals surface area contributed by atoms with Crippen molar-refractivity contribution < 1.29 is 18.7 Å². The zero-order chi connectivity index (χ0) is 10.1. The molecular weight excluding hydrogens is 175 g/mol. The van der Waals surface area contributed by atoms with Crippen molar-refractivity contribution in [2.45, 2.75) is 32.2 Å². The largest absolute Gasteiger partial charge is 0.464 e. The summed E-state index contributed by atoms with van der Waals surface area (Å²) in [6.45, 7) is 6.49. The standard InChI is InChI=1S/C9H13FO3/c1-6(2)9(3,10)13-7-4-5-12-8(7)11/h7H,1,4-5H2,2-3H3. The first-order valence-corrected chi connectivity index (χ1v) is 4.13. The van der Waals surface area contributed by atoms with Crippen LogP contribution in [-0.4, -0.2) is 24.5 Å². The second kappa shape index (κ2) is 3.46. The minimum atomic E-state index is -1.95. The molecule has 1 heterocycles. The Kier molecular flexibility index (Phi) is 2.71. The summed E-state index contributed by atoms with van der Waals surface area (Å²) >= 11 is 0. The van der Waals surface area contributed by atoms with E-state index >= 15 is 0 Å². The van der Waals surface area contributed by atoms with Gasteiger partial charge in [0.15, 0.2) is 6.10 Å². The van der Waals surface area contributed by atoms with E-state index in [1.165, 1.54) is 13.8 Å². The average molecular weight is 188 g/mol. The second-order valence-electron chi connectivity index (χ2n) is 3.26. The molecule has 74 valence electrons. The number of carbonyl (C=O) groups excluding carboxylic acids is 1. The fourth-order valence-corrected chi connectivity index (χ4v) is 0.952. The van der Waals surface area contributed by atoms with Gasteiger partial charge in [0.2, 0.25) is 5.85 Å². The van der Waals surface area contributed by atoms with Crippen molar-refractivity contribution in [1.29, 1.82) is 0 Å². The Labute approximate surface area is 76.5 Å². The lowest BCUT2D eigenvalue weighted by Gasteiger charge is -2.23. The third kappa shape index (κ3) is 2.28. The summed E-state index contributed by atoms with van der Waals surface area (Å²) in [5.41, 5.74) is 0.243. The van der Waals surface area contributed by atoms with Gasteiger partial charge >= 0.3 is 5.97 Å². The summed E-state index contributed by atoms with van der Waals surface area (Å²) in [4.78, 5) is 10.9. The molecule has 0 aromatic heterocycles. The van der Waals surface area contributed by atoms with Crippen LogP contribution in [0.1, 0.15) is 20.3 Å². The van der Waals surface area contributed by atoms with Crippen LogP contribution in [0.2, 0.25) is 0 Å². The molecule has 0 bridgehead atoms. The van der Waals surface area contributed by atoms with Crippen molar-refractivity contribution >= 4 is 5.97 Å². The van der Waals surface area contributed by atoms with E-state index in [0.717, 1.165) is 0 Å². The third-order valence-electron chi connectivity index (χ3n) is 2.01. The van der Waals surface area contributed by atoms with Crippen molar-refractivity contribution in [1.82, 2.24) is 0 Å². The second-order valence-corrected chi connectivity index (χ2v) is 3.26. The van der Waals surface area contributed by atoms with Crippen LogP contribution in [0.25, 0.3) is 0 Å². The number of cyclic esters (lactones) is 1. The molecule has 0 amide bonds. The van der Waals surface area contributed by atoms with E-state index in [-0.39, 0.29) is 5.57 Å². The van der Waals surface area contributed by atoms with Crippen LogP contribution >= 0.6 is 0 Å². The highest BCUT2D eigenvalue weighted by molar-refractivity contribution is 5.76. The van der Waals surface area contributed by atoms with Crippen molar-refractivity contribution in [2.24, 2.45) is 0 Å². The van der Waals surface area contributed by atoms with Crippen LogP contribution in [0.15, 0.2) is 12.2 Å². The minimum Gasteiger partial charge on any atom is -0.464 e. The lowest BCUT2D eigenvalue weighted by Crippen LogP contribution is -2.32. The predicted octanol–water partition coefficient (Wildman–Crippen LogP) is 1.58. The van der Waals surface area contributed by atoms with E-state index in [4.69, 9.17) is 4.74 Å². The summed E-state index contributed by atoms with van der Waals surface area (Å²) < 4.78 is 23.1. The van der Waals surface area contributed by atoms with E-state index in [1.54, 1.807) is 0 Å². The molecule has 1 aliphatic heterocycles. The Morgan fingerprint density at radius 2 is 2.46 bits per heavy atom. The summed E-state index contributed by atoms with van der Waals surface area (Å²) in [5, 5.41) is 0. The van der Waals surface area contributed by atoms with Gasteiger partial charge in [-0.3, -0.25) is 0 Å². The molecule has 3 nitrogen and oxygen atoms in total. The normalized spacial score (nSPS) is 26.7. The molecule has 0 radical (unpaired) electrons. The molecule has 0 N–H and O–H groups in total. The zero-order valence-electron chi connectivity index (χ0n) is 7.80. The molecule has 1 fully saturated rings. The Morgan fingerprint density at radius 1 is 1.85 bits per heavy atom. The number of carbonyl (C=O) groups is 1. The molecule has 1 aliphatic rings. The molecule has 13 heavy (non-hydrogen) atoms. The number of rotatable bonds is 3. The molecule has 1 rings (SSSR count). The molecule has 0 aromatic carbocycles. The Bertz CT molecular complexity index is 235. The number of alkyl halides is 1. The molecule has 0 aromatic rings. The lowest BCUT2D eigenvalue weighted by atomic mass is 10.2. The number of ether oxygens (including phenoxy) is 2. The maximum atomic E-state index is 13.5.